The maximum atomic E-state index is 11.7. The lowest BCUT2D eigenvalue weighted by molar-refractivity contribution is -0.152. The van der Waals surface area contributed by atoms with Gasteiger partial charge in [-0.2, -0.15) is 0 Å². The molecule has 0 amide bonds. The summed E-state index contributed by atoms with van der Waals surface area (Å²) in [6, 6.07) is 2.45. The molecule has 6 heteroatoms. The van der Waals surface area contributed by atoms with Crippen LogP contribution in [0.2, 0.25) is 15.1 Å². The summed E-state index contributed by atoms with van der Waals surface area (Å²) in [7, 11) is 1.31. The molecule has 0 bridgehead atoms. The minimum Gasteiger partial charge on any atom is -0.469 e. The topological polar surface area (TPSA) is 52.3 Å². The number of esters is 1. The molecule has 0 radical (unpaired) electrons. The van der Waals surface area contributed by atoms with Gasteiger partial charge in [-0.25, -0.2) is 0 Å². The molecule has 1 atom stereocenters. The summed E-state index contributed by atoms with van der Waals surface area (Å²) in [6.45, 7) is 3.35. The Balaban J connectivity index is 3.26. The molecule has 2 N–H and O–H groups in total. The number of methoxy groups -OCH3 is 1. The van der Waals surface area contributed by atoms with E-state index in [1.807, 2.05) is 0 Å². The van der Waals surface area contributed by atoms with Crippen molar-refractivity contribution in [3.05, 3.63) is 32.8 Å². The highest BCUT2D eigenvalue weighted by Crippen LogP contribution is 2.40. The van der Waals surface area contributed by atoms with Crippen LogP contribution in [0.3, 0.4) is 0 Å². The summed E-state index contributed by atoms with van der Waals surface area (Å²) in [6.07, 6.45) is 0. The molecule has 0 aliphatic heterocycles. The predicted octanol–water partition coefficient (Wildman–Crippen LogP) is 3.85. The van der Waals surface area contributed by atoms with Crippen molar-refractivity contribution in [2.24, 2.45) is 11.1 Å². The Morgan fingerprint density at radius 3 is 2.39 bits per heavy atom. The first kappa shape index (κ1) is 15.6. The molecule has 1 aromatic carbocycles. The summed E-state index contributed by atoms with van der Waals surface area (Å²) in [5, 5.41) is 1.01. The van der Waals surface area contributed by atoms with Crippen molar-refractivity contribution in [1.29, 1.82) is 0 Å². The molecular weight excluding hydrogens is 296 g/mol. The van der Waals surface area contributed by atoms with Gasteiger partial charge in [0.15, 0.2) is 0 Å². The smallest absolute Gasteiger partial charge is 0.313 e. The van der Waals surface area contributed by atoms with Gasteiger partial charge in [0.1, 0.15) is 0 Å². The third-order valence-corrected chi connectivity index (χ3v) is 3.88. The Bertz CT molecular complexity index is 475. The van der Waals surface area contributed by atoms with Gasteiger partial charge in [0.05, 0.1) is 22.6 Å². The molecule has 0 fully saturated rings. The van der Waals surface area contributed by atoms with Crippen LogP contribution in [-0.2, 0) is 9.53 Å². The van der Waals surface area contributed by atoms with Gasteiger partial charge < -0.3 is 10.5 Å². The van der Waals surface area contributed by atoms with E-state index in [-0.39, 0.29) is 0 Å². The zero-order valence-corrected chi connectivity index (χ0v) is 12.5. The molecule has 0 saturated heterocycles. The Labute approximate surface area is 121 Å². The van der Waals surface area contributed by atoms with Crippen LogP contribution in [-0.4, -0.2) is 13.1 Å². The van der Waals surface area contributed by atoms with Crippen LogP contribution in [0.15, 0.2) is 12.1 Å². The molecule has 0 aliphatic rings. The highest BCUT2D eigenvalue weighted by molar-refractivity contribution is 6.43. The van der Waals surface area contributed by atoms with Gasteiger partial charge >= 0.3 is 5.97 Å². The largest absolute Gasteiger partial charge is 0.469 e. The van der Waals surface area contributed by atoms with Crippen molar-refractivity contribution in [2.75, 3.05) is 7.11 Å². The summed E-state index contributed by atoms with van der Waals surface area (Å²) in [5.41, 5.74) is 5.67. The third kappa shape index (κ3) is 2.91. The molecule has 1 rings (SSSR count). The molecule has 0 unspecified atom stereocenters. The molecule has 0 aromatic heterocycles. The molecule has 0 saturated carbocycles. The van der Waals surface area contributed by atoms with E-state index in [9.17, 15) is 4.79 Å². The van der Waals surface area contributed by atoms with Crippen molar-refractivity contribution in [1.82, 2.24) is 0 Å². The van der Waals surface area contributed by atoms with E-state index in [0.29, 0.717) is 20.6 Å². The van der Waals surface area contributed by atoms with E-state index in [2.05, 4.69) is 0 Å². The van der Waals surface area contributed by atoms with E-state index in [0.717, 1.165) is 0 Å². The Morgan fingerprint density at radius 1 is 1.33 bits per heavy atom. The van der Waals surface area contributed by atoms with Gasteiger partial charge in [-0.15, -0.1) is 0 Å². The summed E-state index contributed by atoms with van der Waals surface area (Å²) in [5.74, 6) is -0.429. The zero-order chi connectivity index (χ0) is 14.1. The zero-order valence-electron chi connectivity index (χ0n) is 10.3. The van der Waals surface area contributed by atoms with Gasteiger partial charge in [-0.3, -0.25) is 4.79 Å². The first-order chi connectivity index (χ1) is 8.21. The summed E-state index contributed by atoms with van der Waals surface area (Å²) < 4.78 is 4.73. The average Bonchev–Trinajstić information content (AvgIpc) is 2.31. The molecule has 1 aromatic rings. The van der Waals surface area contributed by atoms with Crippen LogP contribution in [0.4, 0.5) is 0 Å². The van der Waals surface area contributed by atoms with Crippen molar-refractivity contribution in [3.8, 4) is 0 Å². The number of halogens is 3. The standard InChI is InChI=1S/C12H14Cl3NO2/c1-12(2,11(17)18-3)10(16)7-4-6(13)5-8(14)9(7)15/h4-5,10H,16H2,1-3H3/t10-/m0/s1. The van der Waals surface area contributed by atoms with Crippen LogP contribution >= 0.6 is 34.8 Å². The van der Waals surface area contributed by atoms with Gasteiger partial charge in [-0.05, 0) is 31.5 Å². The molecule has 0 aliphatic carbocycles. The molecule has 18 heavy (non-hydrogen) atoms. The molecule has 0 spiro atoms. The van der Waals surface area contributed by atoms with Crippen molar-refractivity contribution in [3.63, 3.8) is 0 Å². The van der Waals surface area contributed by atoms with Crippen LogP contribution < -0.4 is 5.73 Å². The lowest BCUT2D eigenvalue weighted by atomic mass is 9.81. The van der Waals surface area contributed by atoms with E-state index < -0.39 is 17.4 Å². The Morgan fingerprint density at radius 2 is 1.89 bits per heavy atom. The van der Waals surface area contributed by atoms with E-state index in [1.54, 1.807) is 19.9 Å². The second-order valence-corrected chi connectivity index (χ2v) is 5.70. The van der Waals surface area contributed by atoms with E-state index >= 15 is 0 Å². The first-order valence-electron chi connectivity index (χ1n) is 5.20. The highest BCUT2D eigenvalue weighted by Gasteiger charge is 2.38. The normalized spacial score (nSPS) is 13.3. The predicted molar refractivity (Wildman–Crippen MR) is 74.2 cm³/mol. The quantitative estimate of drug-likeness (QED) is 0.681. The fourth-order valence-electron chi connectivity index (χ4n) is 1.58. The van der Waals surface area contributed by atoms with Crippen LogP contribution in [0.25, 0.3) is 0 Å². The molecule has 3 nitrogen and oxygen atoms in total. The molecular formula is C12H14Cl3NO2. The summed E-state index contributed by atoms with van der Waals surface area (Å²) >= 11 is 17.9. The fraction of sp³-hybridized carbons (Fsp3) is 0.417. The van der Waals surface area contributed by atoms with Gasteiger partial charge in [-0.1, -0.05) is 34.8 Å². The Hall–Kier alpha value is -0.480. The maximum absolute atomic E-state index is 11.7. The van der Waals surface area contributed by atoms with Gasteiger partial charge in [0.25, 0.3) is 0 Å². The molecule has 0 heterocycles. The number of rotatable bonds is 3. The second-order valence-electron chi connectivity index (χ2n) is 4.48. The third-order valence-electron chi connectivity index (χ3n) is 2.85. The number of carbonyl (C=O) groups is 1. The first-order valence-corrected chi connectivity index (χ1v) is 6.33. The Kier molecular flexibility index (Phi) is 4.90. The maximum Gasteiger partial charge on any atom is 0.313 e. The fourth-order valence-corrected chi connectivity index (χ4v) is 2.32. The monoisotopic (exact) mass is 309 g/mol. The van der Waals surface area contributed by atoms with Gasteiger partial charge in [0.2, 0.25) is 0 Å². The lowest BCUT2D eigenvalue weighted by Gasteiger charge is -2.29. The number of nitrogens with two attached hydrogens (primary N) is 1. The summed E-state index contributed by atoms with van der Waals surface area (Å²) in [4.78, 5) is 11.7. The van der Waals surface area contributed by atoms with E-state index in [1.165, 1.54) is 13.2 Å². The lowest BCUT2D eigenvalue weighted by Crippen LogP contribution is -2.37. The minimum atomic E-state index is -0.938. The van der Waals surface area contributed by atoms with Crippen molar-refractivity contribution < 1.29 is 9.53 Å². The number of hydrogen-bond acceptors (Lipinski definition) is 3. The number of hydrogen-bond donors (Lipinski definition) is 1. The van der Waals surface area contributed by atoms with E-state index in [4.69, 9.17) is 45.3 Å². The highest BCUT2D eigenvalue weighted by atomic mass is 35.5. The minimum absolute atomic E-state index is 0.297. The van der Waals surface area contributed by atoms with Crippen LogP contribution in [0.5, 0.6) is 0 Å². The number of carbonyl (C=O) groups excluding carboxylic acids is 1. The number of benzene rings is 1. The van der Waals surface area contributed by atoms with Crippen molar-refractivity contribution in [2.45, 2.75) is 19.9 Å². The van der Waals surface area contributed by atoms with Crippen molar-refractivity contribution >= 4 is 40.8 Å². The number of ether oxygens (including phenoxy) is 1. The average molecular weight is 311 g/mol. The second kappa shape index (κ2) is 5.66. The van der Waals surface area contributed by atoms with Gasteiger partial charge in [0, 0.05) is 11.1 Å². The molecule has 100 valence electrons. The van der Waals surface area contributed by atoms with Crippen LogP contribution in [0.1, 0.15) is 25.5 Å². The van der Waals surface area contributed by atoms with Crippen LogP contribution in [0, 0.1) is 5.41 Å². The SMILES string of the molecule is COC(=O)C(C)(C)[C@@H](N)c1cc(Cl)cc(Cl)c1Cl.